The van der Waals surface area contributed by atoms with Gasteiger partial charge in [0.1, 0.15) is 0 Å². The van der Waals surface area contributed by atoms with Crippen molar-refractivity contribution in [1.29, 1.82) is 0 Å². The van der Waals surface area contributed by atoms with Gasteiger partial charge in [0.2, 0.25) is 10.0 Å². The Balaban J connectivity index is 3.25. The Morgan fingerprint density at radius 1 is 1.14 bits per heavy atom. The molecule has 0 aliphatic carbocycles. The number of hydrogen-bond acceptors (Lipinski definition) is 3. The van der Waals surface area contributed by atoms with E-state index in [1.54, 1.807) is 10.4 Å². The minimum atomic E-state index is -3.49. The molecule has 0 aromatic heterocycles. The molecule has 1 aromatic rings. The monoisotopic (exact) mass is 312 g/mol. The number of anilines is 1. The first-order chi connectivity index (χ1) is 9.77. The van der Waals surface area contributed by atoms with Gasteiger partial charge in [0.05, 0.1) is 4.90 Å². The van der Waals surface area contributed by atoms with Crippen LogP contribution in [0.3, 0.4) is 0 Å². The predicted molar refractivity (Wildman–Crippen MR) is 88.8 cm³/mol. The van der Waals surface area contributed by atoms with E-state index < -0.39 is 10.0 Å². The fourth-order valence-corrected chi connectivity index (χ4v) is 4.35. The molecule has 0 amide bonds. The number of aryl methyl sites for hydroxylation is 1. The summed E-state index contributed by atoms with van der Waals surface area (Å²) in [6.45, 7) is 10.9. The zero-order chi connectivity index (χ0) is 16.2. The lowest BCUT2D eigenvalue weighted by atomic mass is 10.0. The van der Waals surface area contributed by atoms with Gasteiger partial charge in [-0.15, -0.1) is 0 Å². The largest absolute Gasteiger partial charge is 0.399 e. The molecule has 0 bridgehead atoms. The summed E-state index contributed by atoms with van der Waals surface area (Å²) in [5.41, 5.74) is 8.03. The standard InChI is InChI=1S/C16H28N2O2S/c1-6-14(7-2)11-18(8-3)21(19,20)16-10-15(17)9-12(4)13(16)5/h9-10,14H,6-8,11,17H2,1-5H3. The maximum Gasteiger partial charge on any atom is 0.243 e. The van der Waals surface area contributed by atoms with E-state index in [4.69, 9.17) is 5.73 Å². The van der Waals surface area contributed by atoms with Crippen molar-refractivity contribution in [3.8, 4) is 0 Å². The van der Waals surface area contributed by atoms with Crippen LogP contribution in [0.25, 0.3) is 0 Å². The van der Waals surface area contributed by atoms with E-state index >= 15 is 0 Å². The Morgan fingerprint density at radius 2 is 1.71 bits per heavy atom. The maximum absolute atomic E-state index is 12.9. The molecule has 21 heavy (non-hydrogen) atoms. The van der Waals surface area contributed by atoms with Crippen LogP contribution in [0.15, 0.2) is 17.0 Å². The smallest absolute Gasteiger partial charge is 0.243 e. The van der Waals surface area contributed by atoms with E-state index in [9.17, 15) is 8.42 Å². The van der Waals surface area contributed by atoms with Gasteiger partial charge in [-0.3, -0.25) is 0 Å². The van der Waals surface area contributed by atoms with Crippen LogP contribution in [0.5, 0.6) is 0 Å². The molecule has 120 valence electrons. The van der Waals surface area contributed by atoms with Crippen LogP contribution >= 0.6 is 0 Å². The number of nitrogen functional groups attached to an aromatic ring is 1. The summed E-state index contributed by atoms with van der Waals surface area (Å²) in [7, 11) is -3.49. The summed E-state index contributed by atoms with van der Waals surface area (Å²) >= 11 is 0. The van der Waals surface area contributed by atoms with E-state index in [1.807, 2.05) is 26.8 Å². The summed E-state index contributed by atoms with van der Waals surface area (Å²) in [5, 5.41) is 0. The van der Waals surface area contributed by atoms with Crippen molar-refractivity contribution in [3.05, 3.63) is 23.3 Å². The lowest BCUT2D eigenvalue weighted by molar-refractivity contribution is 0.339. The van der Waals surface area contributed by atoms with Crippen molar-refractivity contribution >= 4 is 15.7 Å². The van der Waals surface area contributed by atoms with Gasteiger partial charge in [-0.05, 0) is 43.0 Å². The third-order valence-electron chi connectivity index (χ3n) is 4.23. The Bertz CT molecular complexity index is 578. The molecular weight excluding hydrogens is 284 g/mol. The summed E-state index contributed by atoms with van der Waals surface area (Å²) in [4.78, 5) is 0.341. The van der Waals surface area contributed by atoms with Gasteiger partial charge in [0.25, 0.3) is 0 Å². The van der Waals surface area contributed by atoms with E-state index in [1.165, 1.54) is 0 Å². The normalized spacial score (nSPS) is 12.3. The summed E-state index contributed by atoms with van der Waals surface area (Å²) in [5.74, 6) is 0.391. The SMILES string of the molecule is CCC(CC)CN(CC)S(=O)(=O)c1cc(N)cc(C)c1C. The highest BCUT2D eigenvalue weighted by atomic mass is 32.2. The Labute approximate surface area is 129 Å². The van der Waals surface area contributed by atoms with E-state index in [-0.39, 0.29) is 0 Å². The molecule has 0 aliphatic rings. The van der Waals surface area contributed by atoms with E-state index in [2.05, 4.69) is 13.8 Å². The molecule has 4 nitrogen and oxygen atoms in total. The van der Waals surface area contributed by atoms with E-state index in [0.29, 0.717) is 29.6 Å². The molecule has 0 fully saturated rings. The Kier molecular flexibility index (Phi) is 6.23. The van der Waals surface area contributed by atoms with Crippen LogP contribution in [0.1, 0.15) is 44.7 Å². The lowest BCUT2D eigenvalue weighted by Crippen LogP contribution is -2.35. The van der Waals surface area contributed by atoms with Crippen molar-refractivity contribution in [2.24, 2.45) is 5.92 Å². The van der Waals surface area contributed by atoms with Gasteiger partial charge in [-0.2, -0.15) is 4.31 Å². The summed E-state index contributed by atoms with van der Waals surface area (Å²) < 4.78 is 27.4. The Hall–Kier alpha value is -1.07. The maximum atomic E-state index is 12.9. The van der Waals surface area contributed by atoms with Crippen LogP contribution < -0.4 is 5.73 Å². The second-order valence-electron chi connectivity index (χ2n) is 5.60. The van der Waals surface area contributed by atoms with Crippen molar-refractivity contribution in [2.45, 2.75) is 52.4 Å². The van der Waals surface area contributed by atoms with Crippen LogP contribution in [-0.4, -0.2) is 25.8 Å². The summed E-state index contributed by atoms with van der Waals surface area (Å²) in [6.07, 6.45) is 1.97. The highest BCUT2D eigenvalue weighted by Gasteiger charge is 2.27. The number of sulfonamides is 1. The zero-order valence-electron chi connectivity index (χ0n) is 13.8. The quantitative estimate of drug-likeness (QED) is 0.785. The lowest BCUT2D eigenvalue weighted by Gasteiger charge is -2.26. The fraction of sp³-hybridized carbons (Fsp3) is 0.625. The second-order valence-corrected chi connectivity index (χ2v) is 7.51. The minimum Gasteiger partial charge on any atom is -0.399 e. The number of nitrogens with zero attached hydrogens (tertiary/aromatic N) is 1. The molecule has 2 N–H and O–H groups in total. The van der Waals surface area contributed by atoms with Gasteiger partial charge in [-0.1, -0.05) is 33.6 Å². The van der Waals surface area contributed by atoms with Crippen LogP contribution in [0.2, 0.25) is 0 Å². The molecule has 0 aliphatic heterocycles. The van der Waals surface area contributed by atoms with Crippen LogP contribution in [-0.2, 0) is 10.0 Å². The van der Waals surface area contributed by atoms with E-state index in [0.717, 1.165) is 24.0 Å². The minimum absolute atomic E-state index is 0.341. The topological polar surface area (TPSA) is 63.4 Å². The van der Waals surface area contributed by atoms with Gasteiger partial charge in [0, 0.05) is 18.8 Å². The first-order valence-corrected chi connectivity index (χ1v) is 9.08. The highest BCUT2D eigenvalue weighted by Crippen LogP contribution is 2.26. The van der Waals surface area contributed by atoms with Crippen LogP contribution in [0.4, 0.5) is 5.69 Å². The van der Waals surface area contributed by atoms with Gasteiger partial charge < -0.3 is 5.73 Å². The van der Waals surface area contributed by atoms with Crippen molar-refractivity contribution in [3.63, 3.8) is 0 Å². The molecule has 1 aromatic carbocycles. The van der Waals surface area contributed by atoms with Gasteiger partial charge in [-0.25, -0.2) is 8.42 Å². The molecule has 0 atom stereocenters. The third kappa shape index (κ3) is 3.98. The molecule has 0 spiro atoms. The van der Waals surface area contributed by atoms with Crippen molar-refractivity contribution < 1.29 is 8.42 Å². The average Bonchev–Trinajstić information content (AvgIpc) is 2.43. The van der Waals surface area contributed by atoms with Crippen molar-refractivity contribution in [2.75, 3.05) is 18.8 Å². The molecule has 0 heterocycles. The molecule has 1 rings (SSSR count). The zero-order valence-corrected chi connectivity index (χ0v) is 14.6. The molecule has 0 saturated carbocycles. The highest BCUT2D eigenvalue weighted by molar-refractivity contribution is 7.89. The first kappa shape index (κ1) is 18.0. The molecule has 5 heteroatoms. The number of nitrogens with two attached hydrogens (primary N) is 1. The van der Waals surface area contributed by atoms with Crippen LogP contribution in [0, 0.1) is 19.8 Å². The van der Waals surface area contributed by atoms with Gasteiger partial charge >= 0.3 is 0 Å². The number of hydrogen-bond donors (Lipinski definition) is 1. The number of rotatable bonds is 7. The fourth-order valence-electron chi connectivity index (χ4n) is 2.49. The second kappa shape index (κ2) is 7.27. The average molecular weight is 312 g/mol. The molecule has 0 radical (unpaired) electrons. The third-order valence-corrected chi connectivity index (χ3v) is 6.30. The molecule has 0 unspecified atom stereocenters. The van der Waals surface area contributed by atoms with Crippen molar-refractivity contribution in [1.82, 2.24) is 4.31 Å². The first-order valence-electron chi connectivity index (χ1n) is 7.64. The summed E-state index contributed by atoms with van der Waals surface area (Å²) in [6, 6.07) is 3.39. The number of benzene rings is 1. The molecular formula is C16H28N2O2S. The molecule has 0 saturated heterocycles. The van der Waals surface area contributed by atoms with Gasteiger partial charge in [0.15, 0.2) is 0 Å². The predicted octanol–water partition coefficient (Wildman–Crippen LogP) is 3.33. The Morgan fingerprint density at radius 3 is 2.19 bits per heavy atom.